The zero-order chi connectivity index (χ0) is 16.4. The minimum absolute atomic E-state index is 0.0472. The quantitative estimate of drug-likeness (QED) is 0.885. The Kier molecular flexibility index (Phi) is 4.48. The fraction of sp³-hybridized carbons (Fsp3) is 0.333. The molecule has 2 unspecified atom stereocenters. The van der Waals surface area contributed by atoms with Gasteiger partial charge in [-0.1, -0.05) is 30.3 Å². The van der Waals surface area contributed by atoms with Gasteiger partial charge in [-0.3, -0.25) is 9.59 Å². The van der Waals surface area contributed by atoms with Gasteiger partial charge in [-0.05, 0) is 35.9 Å². The Balaban J connectivity index is 1.71. The van der Waals surface area contributed by atoms with Gasteiger partial charge in [0.1, 0.15) is 6.54 Å². The predicted octanol–water partition coefficient (Wildman–Crippen LogP) is 3.27. The highest BCUT2D eigenvalue weighted by Gasteiger charge is 2.47. The third-order valence-electron chi connectivity index (χ3n) is 4.20. The molecule has 1 aliphatic carbocycles. The van der Waals surface area contributed by atoms with Crippen LogP contribution in [0.4, 0.5) is 0 Å². The molecule has 1 N–H and O–H groups in total. The highest BCUT2D eigenvalue weighted by Crippen LogP contribution is 2.51. The van der Waals surface area contributed by atoms with Crippen LogP contribution in [0.15, 0.2) is 41.8 Å². The number of aliphatic carboxylic acids is 1. The Morgan fingerprint density at radius 3 is 2.61 bits per heavy atom. The SMILES string of the molecule is Cc1ccsc1C1CC1C(=O)N(CC(=O)O)Cc1ccccc1. The van der Waals surface area contributed by atoms with Crippen molar-refractivity contribution in [1.29, 1.82) is 0 Å². The smallest absolute Gasteiger partial charge is 0.323 e. The maximum Gasteiger partial charge on any atom is 0.323 e. The molecule has 2 aromatic rings. The molecule has 1 fully saturated rings. The lowest BCUT2D eigenvalue weighted by atomic mass is 10.1. The Bertz CT molecular complexity index is 710. The lowest BCUT2D eigenvalue weighted by molar-refractivity contribution is -0.145. The first-order valence-electron chi connectivity index (χ1n) is 7.64. The maximum absolute atomic E-state index is 12.7. The molecule has 2 atom stereocenters. The van der Waals surface area contributed by atoms with Crippen molar-refractivity contribution in [2.45, 2.75) is 25.8 Å². The van der Waals surface area contributed by atoms with Gasteiger partial charge in [0.25, 0.3) is 0 Å². The summed E-state index contributed by atoms with van der Waals surface area (Å²) in [6, 6.07) is 11.6. The van der Waals surface area contributed by atoms with E-state index in [1.54, 1.807) is 11.3 Å². The van der Waals surface area contributed by atoms with E-state index in [1.807, 2.05) is 35.7 Å². The molecule has 1 saturated carbocycles. The summed E-state index contributed by atoms with van der Waals surface area (Å²) in [6.07, 6.45) is 0.824. The molecule has 1 aliphatic rings. The number of nitrogens with zero attached hydrogens (tertiary/aromatic N) is 1. The summed E-state index contributed by atoms with van der Waals surface area (Å²) in [5.74, 6) is -0.835. The molecule has 0 radical (unpaired) electrons. The van der Waals surface area contributed by atoms with Crippen LogP contribution in [-0.4, -0.2) is 28.4 Å². The summed E-state index contributed by atoms with van der Waals surface area (Å²) in [6.45, 7) is 2.16. The van der Waals surface area contributed by atoms with Crippen LogP contribution in [0.3, 0.4) is 0 Å². The van der Waals surface area contributed by atoms with Crippen molar-refractivity contribution in [1.82, 2.24) is 4.90 Å². The second-order valence-corrected chi connectivity index (χ2v) is 6.94. The van der Waals surface area contributed by atoms with Gasteiger partial charge in [0.05, 0.1) is 0 Å². The number of hydrogen-bond donors (Lipinski definition) is 1. The van der Waals surface area contributed by atoms with Gasteiger partial charge in [0.15, 0.2) is 0 Å². The van der Waals surface area contributed by atoms with E-state index in [2.05, 4.69) is 13.0 Å². The number of carbonyl (C=O) groups is 2. The minimum atomic E-state index is -0.973. The van der Waals surface area contributed by atoms with E-state index in [1.165, 1.54) is 15.3 Å². The lowest BCUT2D eigenvalue weighted by Gasteiger charge is -2.21. The van der Waals surface area contributed by atoms with Crippen LogP contribution in [0, 0.1) is 12.8 Å². The number of amides is 1. The van der Waals surface area contributed by atoms with E-state index in [0.717, 1.165) is 12.0 Å². The summed E-state index contributed by atoms with van der Waals surface area (Å²) >= 11 is 1.68. The number of hydrogen-bond acceptors (Lipinski definition) is 3. The summed E-state index contributed by atoms with van der Waals surface area (Å²) in [7, 11) is 0. The number of carboxylic acids is 1. The van der Waals surface area contributed by atoms with E-state index in [4.69, 9.17) is 5.11 Å². The first-order valence-corrected chi connectivity index (χ1v) is 8.52. The zero-order valence-electron chi connectivity index (χ0n) is 12.9. The highest BCUT2D eigenvalue weighted by atomic mass is 32.1. The van der Waals surface area contributed by atoms with E-state index < -0.39 is 5.97 Å². The monoisotopic (exact) mass is 329 g/mol. The van der Waals surface area contributed by atoms with E-state index in [-0.39, 0.29) is 24.3 Å². The first kappa shape index (κ1) is 15.7. The van der Waals surface area contributed by atoms with Crippen LogP contribution < -0.4 is 0 Å². The highest BCUT2D eigenvalue weighted by molar-refractivity contribution is 7.10. The van der Waals surface area contributed by atoms with Crippen molar-refractivity contribution in [2.24, 2.45) is 5.92 Å². The van der Waals surface area contributed by atoms with Crippen molar-refractivity contribution in [3.63, 3.8) is 0 Å². The van der Waals surface area contributed by atoms with Crippen molar-refractivity contribution in [3.8, 4) is 0 Å². The molecule has 23 heavy (non-hydrogen) atoms. The third-order valence-corrected chi connectivity index (χ3v) is 5.35. The van der Waals surface area contributed by atoms with Crippen LogP contribution in [0.1, 0.15) is 28.3 Å². The minimum Gasteiger partial charge on any atom is -0.480 e. The number of aryl methyl sites for hydroxylation is 1. The number of carbonyl (C=O) groups excluding carboxylic acids is 1. The molecule has 1 heterocycles. The third kappa shape index (κ3) is 3.62. The van der Waals surface area contributed by atoms with Gasteiger partial charge in [-0.15, -0.1) is 11.3 Å². The largest absolute Gasteiger partial charge is 0.480 e. The van der Waals surface area contributed by atoms with E-state index in [9.17, 15) is 9.59 Å². The Labute approximate surface area is 139 Å². The second kappa shape index (κ2) is 6.54. The van der Waals surface area contributed by atoms with Crippen LogP contribution in [0.2, 0.25) is 0 Å². The summed E-state index contributed by atoms with van der Waals surface area (Å²) in [5.41, 5.74) is 2.18. The van der Waals surface area contributed by atoms with Crippen LogP contribution in [0.5, 0.6) is 0 Å². The Hall–Kier alpha value is -2.14. The average molecular weight is 329 g/mol. The lowest BCUT2D eigenvalue weighted by Crippen LogP contribution is -2.36. The summed E-state index contributed by atoms with van der Waals surface area (Å²) in [5, 5.41) is 11.2. The number of thiophene rings is 1. The standard InChI is InChI=1S/C18H19NO3S/c1-12-7-8-23-17(12)14-9-15(14)18(22)19(11-16(20)21)10-13-5-3-2-4-6-13/h2-8,14-15H,9-11H2,1H3,(H,20,21). The fourth-order valence-corrected chi connectivity index (χ4v) is 4.04. The van der Waals surface area contributed by atoms with Crippen molar-refractivity contribution in [3.05, 3.63) is 57.8 Å². The van der Waals surface area contributed by atoms with E-state index >= 15 is 0 Å². The van der Waals surface area contributed by atoms with Gasteiger partial charge in [0.2, 0.25) is 5.91 Å². The van der Waals surface area contributed by atoms with Crippen molar-refractivity contribution >= 4 is 23.2 Å². The van der Waals surface area contributed by atoms with Gasteiger partial charge in [0, 0.05) is 23.3 Å². The predicted molar refractivity (Wildman–Crippen MR) is 89.4 cm³/mol. The molecule has 5 heteroatoms. The zero-order valence-corrected chi connectivity index (χ0v) is 13.8. The number of rotatable bonds is 6. The maximum atomic E-state index is 12.7. The second-order valence-electron chi connectivity index (χ2n) is 5.99. The van der Waals surface area contributed by atoms with Crippen molar-refractivity contribution in [2.75, 3.05) is 6.54 Å². The fourth-order valence-electron chi connectivity index (χ4n) is 2.94. The summed E-state index contributed by atoms with van der Waals surface area (Å²) < 4.78 is 0. The molecule has 1 aromatic heterocycles. The molecular weight excluding hydrogens is 310 g/mol. The molecule has 0 aliphatic heterocycles. The molecule has 0 saturated heterocycles. The molecule has 1 amide bonds. The first-order chi connectivity index (χ1) is 11.1. The molecule has 4 nitrogen and oxygen atoms in total. The van der Waals surface area contributed by atoms with Crippen LogP contribution in [-0.2, 0) is 16.1 Å². The molecular formula is C18H19NO3S. The van der Waals surface area contributed by atoms with E-state index in [0.29, 0.717) is 6.54 Å². The normalized spacial score (nSPS) is 19.3. The van der Waals surface area contributed by atoms with Gasteiger partial charge >= 0.3 is 5.97 Å². The molecule has 0 bridgehead atoms. The van der Waals surface area contributed by atoms with Gasteiger partial charge in [-0.25, -0.2) is 0 Å². The molecule has 120 valence electrons. The average Bonchev–Trinajstić information content (AvgIpc) is 3.20. The summed E-state index contributed by atoms with van der Waals surface area (Å²) in [4.78, 5) is 26.6. The number of benzene rings is 1. The number of carboxylic acid groups (broad SMARTS) is 1. The Morgan fingerprint density at radius 2 is 2.00 bits per heavy atom. The molecule has 3 rings (SSSR count). The van der Waals surface area contributed by atoms with Crippen LogP contribution in [0.25, 0.3) is 0 Å². The topological polar surface area (TPSA) is 57.6 Å². The van der Waals surface area contributed by atoms with Crippen molar-refractivity contribution < 1.29 is 14.7 Å². The Morgan fingerprint density at radius 1 is 1.26 bits per heavy atom. The molecule has 0 spiro atoms. The molecule has 1 aromatic carbocycles. The van der Waals surface area contributed by atoms with Crippen LogP contribution >= 0.6 is 11.3 Å². The van der Waals surface area contributed by atoms with Gasteiger partial charge < -0.3 is 10.0 Å². The van der Waals surface area contributed by atoms with Gasteiger partial charge in [-0.2, -0.15) is 0 Å².